The fourth-order valence-electron chi connectivity index (χ4n) is 3.56. The average molecular weight is 339 g/mol. The van der Waals surface area contributed by atoms with Crippen LogP contribution in [0.2, 0.25) is 0 Å². The molecule has 0 spiro atoms. The summed E-state index contributed by atoms with van der Waals surface area (Å²) in [6.07, 6.45) is 5.68. The van der Waals surface area contributed by atoms with E-state index in [0.29, 0.717) is 38.9 Å². The number of carbonyl (C=O) groups excluding carboxylic acids is 2. The molecule has 7 heteroatoms. The minimum Gasteiger partial charge on any atom is -0.441 e. The van der Waals surface area contributed by atoms with E-state index in [1.54, 1.807) is 4.90 Å². The average Bonchev–Trinajstić information content (AvgIpc) is 2.58. The number of carbonyl (C=O) groups is 2. The zero-order valence-electron chi connectivity index (χ0n) is 14.6. The Kier molecular flexibility index (Phi) is 5.94. The van der Waals surface area contributed by atoms with E-state index >= 15 is 0 Å². The molecule has 0 aromatic heterocycles. The van der Waals surface area contributed by atoms with Crippen molar-refractivity contribution in [1.29, 1.82) is 0 Å². The number of hydrogen-bond acceptors (Lipinski definition) is 5. The summed E-state index contributed by atoms with van der Waals surface area (Å²) in [5.74, 6) is 0.199. The normalized spacial score (nSPS) is 23.6. The maximum Gasteiger partial charge on any atom is 0.410 e. The summed E-state index contributed by atoms with van der Waals surface area (Å²) in [6.45, 7) is 4.15. The van der Waals surface area contributed by atoms with Gasteiger partial charge < -0.3 is 19.3 Å². The second kappa shape index (κ2) is 8.16. The molecule has 0 aromatic rings. The molecule has 1 saturated carbocycles. The van der Waals surface area contributed by atoms with E-state index < -0.39 is 0 Å². The van der Waals surface area contributed by atoms with E-state index in [-0.39, 0.29) is 18.1 Å². The van der Waals surface area contributed by atoms with Crippen LogP contribution < -0.4 is 0 Å². The van der Waals surface area contributed by atoms with Gasteiger partial charge in [-0.15, -0.1) is 0 Å². The van der Waals surface area contributed by atoms with Crippen LogP contribution in [-0.2, 0) is 14.3 Å². The van der Waals surface area contributed by atoms with Crippen LogP contribution in [0.3, 0.4) is 0 Å². The molecule has 2 heterocycles. The number of amides is 2. The van der Waals surface area contributed by atoms with Gasteiger partial charge in [0.2, 0.25) is 5.91 Å². The van der Waals surface area contributed by atoms with Crippen molar-refractivity contribution in [1.82, 2.24) is 14.7 Å². The molecular formula is C17H29N3O4. The lowest BCUT2D eigenvalue weighted by Gasteiger charge is -2.37. The molecular weight excluding hydrogens is 310 g/mol. The molecule has 2 amide bonds. The zero-order chi connectivity index (χ0) is 16.9. The Balaban J connectivity index is 1.38. The smallest absolute Gasteiger partial charge is 0.410 e. The maximum atomic E-state index is 12.5. The van der Waals surface area contributed by atoms with Crippen LogP contribution in [-0.4, -0.2) is 91.8 Å². The highest BCUT2D eigenvalue weighted by Crippen LogP contribution is 2.21. The van der Waals surface area contributed by atoms with E-state index in [4.69, 9.17) is 9.47 Å². The highest BCUT2D eigenvalue weighted by molar-refractivity contribution is 5.78. The molecule has 0 N–H and O–H groups in total. The van der Waals surface area contributed by atoms with Crippen molar-refractivity contribution in [3.05, 3.63) is 0 Å². The first kappa shape index (κ1) is 17.5. The van der Waals surface area contributed by atoms with Gasteiger partial charge >= 0.3 is 6.09 Å². The summed E-state index contributed by atoms with van der Waals surface area (Å²) in [4.78, 5) is 30.3. The number of ether oxygens (including phenoxy) is 2. The Bertz CT molecular complexity index is 441. The van der Waals surface area contributed by atoms with E-state index in [1.165, 1.54) is 19.3 Å². The fourth-order valence-corrected chi connectivity index (χ4v) is 3.56. The largest absolute Gasteiger partial charge is 0.441 e. The molecule has 3 aliphatic rings. The van der Waals surface area contributed by atoms with Crippen molar-refractivity contribution in [2.24, 2.45) is 0 Å². The standard InChI is InChI=1S/C17H29N3O4/c1-18(14-5-3-2-4-6-14)16(21)11-19-7-9-20(10-8-19)17(22)24-15-12-23-13-15/h14-15H,2-13H2,1H3. The Hall–Kier alpha value is -1.34. The van der Waals surface area contributed by atoms with Crippen molar-refractivity contribution in [3.63, 3.8) is 0 Å². The van der Waals surface area contributed by atoms with Crippen molar-refractivity contribution in [2.45, 2.75) is 44.2 Å². The third-order valence-electron chi connectivity index (χ3n) is 5.38. The molecule has 0 atom stereocenters. The predicted molar refractivity (Wildman–Crippen MR) is 88.7 cm³/mol. The molecule has 2 saturated heterocycles. The predicted octanol–water partition coefficient (Wildman–Crippen LogP) is 0.931. The molecule has 24 heavy (non-hydrogen) atoms. The topological polar surface area (TPSA) is 62.3 Å². The van der Waals surface area contributed by atoms with Crippen LogP contribution >= 0.6 is 0 Å². The second-order valence-electron chi connectivity index (χ2n) is 7.10. The molecule has 2 aliphatic heterocycles. The van der Waals surface area contributed by atoms with Crippen LogP contribution in [0.4, 0.5) is 4.79 Å². The minimum atomic E-state index is -0.256. The SMILES string of the molecule is CN(C(=O)CN1CCN(C(=O)OC2COC2)CC1)C1CCCCC1. The highest BCUT2D eigenvalue weighted by Gasteiger charge is 2.29. The van der Waals surface area contributed by atoms with Crippen molar-refractivity contribution in [2.75, 3.05) is 53.0 Å². The summed E-state index contributed by atoms with van der Waals surface area (Å²) in [7, 11) is 1.94. The number of hydrogen-bond donors (Lipinski definition) is 0. The molecule has 136 valence electrons. The van der Waals surface area contributed by atoms with Crippen LogP contribution in [0.5, 0.6) is 0 Å². The number of rotatable bonds is 4. The van der Waals surface area contributed by atoms with Crippen LogP contribution in [0.15, 0.2) is 0 Å². The Morgan fingerprint density at radius 3 is 2.33 bits per heavy atom. The molecule has 1 aliphatic carbocycles. The molecule has 3 rings (SSSR count). The van der Waals surface area contributed by atoms with Gasteiger partial charge in [0, 0.05) is 39.3 Å². The molecule has 7 nitrogen and oxygen atoms in total. The van der Waals surface area contributed by atoms with Crippen LogP contribution in [0.25, 0.3) is 0 Å². The first-order valence-corrected chi connectivity index (χ1v) is 9.15. The lowest BCUT2D eigenvalue weighted by atomic mass is 9.94. The van der Waals surface area contributed by atoms with Gasteiger partial charge in [-0.25, -0.2) is 4.79 Å². The number of piperazine rings is 1. The summed E-state index contributed by atoms with van der Waals surface area (Å²) in [6, 6.07) is 0.409. The molecule has 0 unspecified atom stereocenters. The first-order chi connectivity index (χ1) is 11.6. The maximum absolute atomic E-state index is 12.5. The summed E-state index contributed by atoms with van der Waals surface area (Å²) in [5, 5.41) is 0. The van der Waals surface area contributed by atoms with E-state index in [0.717, 1.165) is 25.9 Å². The monoisotopic (exact) mass is 339 g/mol. The Labute approximate surface area is 143 Å². The first-order valence-electron chi connectivity index (χ1n) is 9.15. The lowest BCUT2D eigenvalue weighted by Crippen LogP contribution is -2.53. The molecule has 0 bridgehead atoms. The van der Waals surface area contributed by atoms with E-state index in [9.17, 15) is 9.59 Å². The Morgan fingerprint density at radius 1 is 1.08 bits per heavy atom. The summed E-state index contributed by atoms with van der Waals surface area (Å²) in [5.41, 5.74) is 0. The number of nitrogens with zero attached hydrogens (tertiary/aromatic N) is 3. The number of likely N-dealkylation sites (N-methyl/N-ethyl adjacent to an activating group) is 1. The van der Waals surface area contributed by atoms with Gasteiger partial charge in [-0.1, -0.05) is 19.3 Å². The highest BCUT2D eigenvalue weighted by atomic mass is 16.6. The van der Waals surface area contributed by atoms with Crippen molar-refractivity contribution in [3.8, 4) is 0 Å². The fraction of sp³-hybridized carbons (Fsp3) is 0.882. The molecule has 0 radical (unpaired) electrons. The quantitative estimate of drug-likeness (QED) is 0.762. The van der Waals surface area contributed by atoms with Crippen molar-refractivity contribution < 1.29 is 19.1 Å². The molecule has 0 aromatic carbocycles. The van der Waals surface area contributed by atoms with Gasteiger partial charge in [-0.05, 0) is 12.8 Å². The summed E-state index contributed by atoms with van der Waals surface area (Å²) < 4.78 is 10.3. The van der Waals surface area contributed by atoms with E-state index in [1.807, 2.05) is 11.9 Å². The van der Waals surface area contributed by atoms with Gasteiger partial charge in [-0.3, -0.25) is 9.69 Å². The minimum absolute atomic E-state index is 0.0822. The van der Waals surface area contributed by atoms with Crippen molar-refractivity contribution >= 4 is 12.0 Å². The third kappa shape index (κ3) is 4.39. The van der Waals surface area contributed by atoms with Gasteiger partial charge in [0.1, 0.15) is 0 Å². The molecule has 3 fully saturated rings. The van der Waals surface area contributed by atoms with Crippen LogP contribution in [0, 0.1) is 0 Å². The van der Waals surface area contributed by atoms with E-state index in [2.05, 4.69) is 4.90 Å². The van der Waals surface area contributed by atoms with Gasteiger partial charge in [0.05, 0.1) is 19.8 Å². The third-order valence-corrected chi connectivity index (χ3v) is 5.38. The summed E-state index contributed by atoms with van der Waals surface area (Å²) >= 11 is 0. The Morgan fingerprint density at radius 2 is 1.75 bits per heavy atom. The second-order valence-corrected chi connectivity index (χ2v) is 7.10. The lowest BCUT2D eigenvalue weighted by molar-refractivity contribution is -0.134. The zero-order valence-corrected chi connectivity index (χ0v) is 14.6. The van der Waals surface area contributed by atoms with Crippen LogP contribution in [0.1, 0.15) is 32.1 Å². The van der Waals surface area contributed by atoms with Gasteiger partial charge in [-0.2, -0.15) is 0 Å². The van der Waals surface area contributed by atoms with Gasteiger partial charge in [0.15, 0.2) is 6.10 Å². The van der Waals surface area contributed by atoms with Gasteiger partial charge in [0.25, 0.3) is 0 Å².